The second-order valence-corrected chi connectivity index (χ2v) is 4.89. The molecule has 0 saturated carbocycles. The fourth-order valence-corrected chi connectivity index (χ4v) is 2.09. The highest BCUT2D eigenvalue weighted by Gasteiger charge is 2.42. The Morgan fingerprint density at radius 2 is 2.17 bits per heavy atom. The van der Waals surface area contributed by atoms with E-state index in [1.165, 1.54) is 0 Å². The molecule has 2 rings (SSSR count). The molecule has 0 radical (unpaired) electrons. The van der Waals surface area contributed by atoms with Gasteiger partial charge in [0, 0.05) is 12.0 Å². The van der Waals surface area contributed by atoms with Gasteiger partial charge in [0.05, 0.1) is 0 Å². The molecule has 3 nitrogen and oxygen atoms in total. The van der Waals surface area contributed by atoms with Crippen LogP contribution in [-0.4, -0.2) is 23.8 Å². The maximum atomic E-state index is 11.2. The summed E-state index contributed by atoms with van der Waals surface area (Å²) in [5, 5.41) is 0. The summed E-state index contributed by atoms with van der Waals surface area (Å²) in [4.78, 5) is 15.7. The first kappa shape index (κ1) is 12.6. The van der Waals surface area contributed by atoms with Gasteiger partial charge < -0.3 is 4.74 Å². The number of aliphatic imine (C=N–C) groups is 1. The van der Waals surface area contributed by atoms with Gasteiger partial charge in [0.1, 0.15) is 5.54 Å². The van der Waals surface area contributed by atoms with Crippen molar-refractivity contribution in [1.29, 1.82) is 0 Å². The molecule has 94 valence electrons. The zero-order valence-corrected chi connectivity index (χ0v) is 10.7. The van der Waals surface area contributed by atoms with E-state index in [1.54, 1.807) is 0 Å². The van der Waals surface area contributed by atoms with E-state index in [9.17, 15) is 4.79 Å². The second kappa shape index (κ2) is 4.77. The van der Waals surface area contributed by atoms with Crippen molar-refractivity contribution in [3.05, 3.63) is 48.0 Å². The van der Waals surface area contributed by atoms with Gasteiger partial charge in [-0.1, -0.05) is 36.9 Å². The van der Waals surface area contributed by atoms with Crippen molar-refractivity contribution >= 4 is 12.2 Å². The number of hydrogen-bond acceptors (Lipinski definition) is 3. The lowest BCUT2D eigenvalue weighted by Crippen LogP contribution is -2.38. The van der Waals surface area contributed by atoms with Gasteiger partial charge in [-0.3, -0.25) is 4.79 Å². The van der Waals surface area contributed by atoms with Gasteiger partial charge in [-0.15, -0.1) is 0 Å². The van der Waals surface area contributed by atoms with Crippen LogP contribution < -0.4 is 0 Å². The topological polar surface area (TPSA) is 38.7 Å². The van der Waals surface area contributed by atoms with E-state index in [0.29, 0.717) is 12.3 Å². The Morgan fingerprint density at radius 3 is 2.72 bits per heavy atom. The first-order chi connectivity index (χ1) is 8.55. The predicted molar refractivity (Wildman–Crippen MR) is 71.7 cm³/mol. The molecule has 0 N–H and O–H groups in total. The van der Waals surface area contributed by atoms with E-state index in [-0.39, 0.29) is 0 Å². The molecule has 3 heteroatoms. The van der Waals surface area contributed by atoms with E-state index >= 15 is 0 Å². The normalized spacial score (nSPS) is 26.3. The zero-order chi connectivity index (χ0) is 13.2. The van der Waals surface area contributed by atoms with Crippen molar-refractivity contribution in [2.24, 2.45) is 4.99 Å². The molecule has 18 heavy (non-hydrogen) atoms. The smallest absolute Gasteiger partial charge is 0.212 e. The number of carbonyl (C=O) groups is 1. The number of aldehydes is 1. The molecule has 0 spiro atoms. The zero-order valence-electron chi connectivity index (χ0n) is 10.7. The molecule has 1 aliphatic rings. The molecule has 2 atom stereocenters. The van der Waals surface area contributed by atoms with Crippen LogP contribution in [0, 0.1) is 0 Å². The van der Waals surface area contributed by atoms with Gasteiger partial charge in [-0.05, 0) is 19.4 Å². The lowest BCUT2D eigenvalue weighted by molar-refractivity contribution is -0.115. The van der Waals surface area contributed by atoms with Crippen LogP contribution in [0.1, 0.15) is 19.4 Å². The second-order valence-electron chi connectivity index (χ2n) is 4.89. The average molecular weight is 243 g/mol. The van der Waals surface area contributed by atoms with Gasteiger partial charge in [-0.25, -0.2) is 4.99 Å². The maximum Gasteiger partial charge on any atom is 0.212 e. The first-order valence-electron chi connectivity index (χ1n) is 5.97. The highest BCUT2D eigenvalue weighted by molar-refractivity contribution is 5.95. The summed E-state index contributed by atoms with van der Waals surface area (Å²) < 4.78 is 5.54. The van der Waals surface area contributed by atoms with E-state index in [1.807, 2.05) is 44.2 Å². The molecule has 1 aromatic rings. The third-order valence-electron chi connectivity index (χ3n) is 3.10. The van der Waals surface area contributed by atoms with E-state index in [2.05, 4.69) is 11.6 Å². The number of ether oxygens (including phenoxy) is 1. The summed E-state index contributed by atoms with van der Waals surface area (Å²) >= 11 is 0. The summed E-state index contributed by atoms with van der Waals surface area (Å²) in [6.45, 7) is 7.57. The standard InChI is InChI=1S/C15H17NO2/c1-11(2)14-16-15(3,13(10-17)18-14)9-12-7-5-4-6-8-12/h4-8,10,13H,1,9H2,2-3H3. The van der Waals surface area contributed by atoms with Crippen molar-refractivity contribution in [2.45, 2.75) is 31.9 Å². The Hall–Kier alpha value is -1.90. The fraction of sp³-hybridized carbons (Fsp3) is 0.333. The Balaban J connectivity index is 2.27. The van der Waals surface area contributed by atoms with Crippen molar-refractivity contribution in [3.63, 3.8) is 0 Å². The number of hydrogen-bond donors (Lipinski definition) is 0. The van der Waals surface area contributed by atoms with Crippen LogP contribution in [-0.2, 0) is 16.0 Å². The minimum Gasteiger partial charge on any atom is -0.464 e. The molecule has 0 amide bonds. The quantitative estimate of drug-likeness (QED) is 0.762. The summed E-state index contributed by atoms with van der Waals surface area (Å²) in [6, 6.07) is 9.99. The minimum atomic E-state index is -0.544. The van der Waals surface area contributed by atoms with Crippen LogP contribution in [0.2, 0.25) is 0 Å². The van der Waals surface area contributed by atoms with Crippen LogP contribution in [0.3, 0.4) is 0 Å². The summed E-state index contributed by atoms with van der Waals surface area (Å²) in [6.07, 6.45) is 0.959. The van der Waals surface area contributed by atoms with E-state index < -0.39 is 11.6 Å². The molecule has 1 heterocycles. The van der Waals surface area contributed by atoms with Crippen molar-refractivity contribution in [3.8, 4) is 0 Å². The number of nitrogens with zero attached hydrogens (tertiary/aromatic N) is 1. The lowest BCUT2D eigenvalue weighted by atomic mass is 9.89. The Bertz CT molecular complexity index is 492. The molecule has 0 fully saturated rings. The number of rotatable bonds is 4. The summed E-state index contributed by atoms with van der Waals surface area (Å²) in [7, 11) is 0. The molecule has 1 aliphatic heterocycles. The van der Waals surface area contributed by atoms with Crippen LogP contribution >= 0.6 is 0 Å². The number of benzene rings is 1. The van der Waals surface area contributed by atoms with Gasteiger partial charge in [-0.2, -0.15) is 0 Å². The van der Waals surface area contributed by atoms with Crippen molar-refractivity contribution in [1.82, 2.24) is 0 Å². The van der Waals surface area contributed by atoms with E-state index in [4.69, 9.17) is 4.74 Å². The lowest BCUT2D eigenvalue weighted by Gasteiger charge is -2.23. The minimum absolute atomic E-state index is 0.491. The predicted octanol–water partition coefficient (Wildman–Crippen LogP) is 2.56. The Kier molecular flexibility index (Phi) is 3.32. The summed E-state index contributed by atoms with van der Waals surface area (Å²) in [5.74, 6) is 0.491. The average Bonchev–Trinajstić information content (AvgIpc) is 2.67. The highest BCUT2D eigenvalue weighted by atomic mass is 16.5. The van der Waals surface area contributed by atoms with Crippen LogP contribution in [0.4, 0.5) is 0 Å². The van der Waals surface area contributed by atoms with E-state index in [0.717, 1.165) is 17.4 Å². The molecule has 1 aromatic carbocycles. The van der Waals surface area contributed by atoms with Crippen LogP contribution in [0.5, 0.6) is 0 Å². The van der Waals surface area contributed by atoms with Crippen LogP contribution in [0.25, 0.3) is 0 Å². The Morgan fingerprint density at radius 1 is 1.50 bits per heavy atom. The van der Waals surface area contributed by atoms with Crippen molar-refractivity contribution < 1.29 is 9.53 Å². The van der Waals surface area contributed by atoms with Gasteiger partial charge in [0.2, 0.25) is 5.90 Å². The molecule has 0 bridgehead atoms. The summed E-state index contributed by atoms with van der Waals surface area (Å²) in [5.41, 5.74) is 1.35. The highest BCUT2D eigenvalue weighted by Crippen LogP contribution is 2.30. The maximum absolute atomic E-state index is 11.2. The Labute approximate surface area is 107 Å². The first-order valence-corrected chi connectivity index (χ1v) is 5.97. The molecule has 2 unspecified atom stereocenters. The fourth-order valence-electron chi connectivity index (χ4n) is 2.09. The monoisotopic (exact) mass is 243 g/mol. The number of carbonyl (C=O) groups excluding carboxylic acids is 1. The molecule has 0 aromatic heterocycles. The van der Waals surface area contributed by atoms with Crippen LogP contribution in [0.15, 0.2) is 47.5 Å². The molecule has 0 aliphatic carbocycles. The van der Waals surface area contributed by atoms with Gasteiger partial charge in [0.15, 0.2) is 12.4 Å². The molecule has 0 saturated heterocycles. The van der Waals surface area contributed by atoms with Gasteiger partial charge >= 0.3 is 0 Å². The largest absolute Gasteiger partial charge is 0.464 e. The molecular formula is C15H17NO2. The van der Waals surface area contributed by atoms with Crippen molar-refractivity contribution in [2.75, 3.05) is 0 Å². The SMILES string of the molecule is C=C(C)C1=NC(C)(Cc2ccccc2)C(C=O)O1. The third kappa shape index (κ3) is 2.35. The molecular weight excluding hydrogens is 226 g/mol. The van der Waals surface area contributed by atoms with Gasteiger partial charge in [0.25, 0.3) is 0 Å². The third-order valence-corrected chi connectivity index (χ3v) is 3.10.